The highest BCUT2D eigenvalue weighted by atomic mass is 16.4. The average Bonchev–Trinajstić information content (AvgIpc) is 2.56. The minimum absolute atomic E-state index is 0.175. The van der Waals surface area contributed by atoms with Crippen molar-refractivity contribution in [3.05, 3.63) is 0 Å². The van der Waals surface area contributed by atoms with E-state index in [1.54, 1.807) is 0 Å². The Morgan fingerprint density at radius 3 is 2.16 bits per heavy atom. The average molecular weight is 361 g/mol. The molecule has 11 nitrogen and oxygen atoms in total. The summed E-state index contributed by atoms with van der Waals surface area (Å²) in [5.74, 6) is -3.34. The third-order valence-electron chi connectivity index (χ3n) is 3.23. The van der Waals surface area contributed by atoms with Crippen LogP contribution in [0.4, 0.5) is 0 Å². The summed E-state index contributed by atoms with van der Waals surface area (Å²) in [5.41, 5.74) is 10.7. The minimum atomic E-state index is -1.34. The first-order valence-corrected chi connectivity index (χ1v) is 7.89. The van der Waals surface area contributed by atoms with Crippen molar-refractivity contribution in [2.24, 2.45) is 11.5 Å². The maximum atomic E-state index is 12.0. The zero-order chi connectivity index (χ0) is 19.4. The fourth-order valence-corrected chi connectivity index (χ4v) is 1.79. The number of carboxylic acid groups (broad SMARTS) is 1. The lowest BCUT2D eigenvalue weighted by Crippen LogP contribution is -2.55. The van der Waals surface area contributed by atoms with Gasteiger partial charge in [-0.25, -0.2) is 4.79 Å². The van der Waals surface area contributed by atoms with Gasteiger partial charge in [-0.1, -0.05) is 0 Å². The Bertz CT molecular complexity index is 471. The van der Waals surface area contributed by atoms with Crippen LogP contribution in [0.3, 0.4) is 0 Å². The smallest absolute Gasteiger partial charge is 0.326 e. The van der Waals surface area contributed by atoms with Gasteiger partial charge in [-0.15, -0.1) is 0 Å². The number of unbranched alkanes of at least 4 members (excludes halogenated alkanes) is 1. The fraction of sp³-hybridized carbons (Fsp3) is 0.714. The molecule has 0 rings (SSSR count). The summed E-state index contributed by atoms with van der Waals surface area (Å²) < 4.78 is 0. The van der Waals surface area contributed by atoms with Gasteiger partial charge in [0.2, 0.25) is 17.7 Å². The monoisotopic (exact) mass is 361 g/mol. The van der Waals surface area contributed by atoms with E-state index in [0.717, 1.165) is 0 Å². The van der Waals surface area contributed by atoms with Gasteiger partial charge in [0.15, 0.2) is 0 Å². The molecule has 0 aliphatic heterocycles. The number of hydrogen-bond acceptors (Lipinski definition) is 7. The van der Waals surface area contributed by atoms with Crippen molar-refractivity contribution in [1.29, 1.82) is 0 Å². The zero-order valence-corrected chi connectivity index (χ0v) is 14.2. The Morgan fingerprint density at radius 1 is 1.04 bits per heavy atom. The van der Waals surface area contributed by atoms with Crippen LogP contribution in [-0.4, -0.2) is 71.7 Å². The van der Waals surface area contributed by atoms with Crippen LogP contribution in [0.2, 0.25) is 0 Å². The molecule has 0 aromatic rings. The van der Waals surface area contributed by atoms with Crippen molar-refractivity contribution in [3.8, 4) is 0 Å². The van der Waals surface area contributed by atoms with E-state index in [4.69, 9.17) is 16.6 Å². The van der Waals surface area contributed by atoms with E-state index in [9.17, 15) is 24.3 Å². The second-order valence-corrected chi connectivity index (χ2v) is 5.49. The second kappa shape index (κ2) is 12.2. The minimum Gasteiger partial charge on any atom is -0.480 e. The van der Waals surface area contributed by atoms with Crippen LogP contribution >= 0.6 is 0 Å². The lowest BCUT2D eigenvalue weighted by atomic mass is 10.1. The number of nitrogens with two attached hydrogens (primary N) is 2. The number of aliphatic hydroxyl groups excluding tert-OH is 1. The summed E-state index contributed by atoms with van der Waals surface area (Å²) in [6.45, 7) is 0.688. The number of hydrogen-bond donors (Lipinski definition) is 7. The van der Waals surface area contributed by atoms with Gasteiger partial charge in [0.05, 0.1) is 19.2 Å². The largest absolute Gasteiger partial charge is 0.480 e. The van der Waals surface area contributed by atoms with Gasteiger partial charge in [-0.3, -0.25) is 14.4 Å². The van der Waals surface area contributed by atoms with E-state index < -0.39 is 55.0 Å². The predicted octanol–water partition coefficient (Wildman–Crippen LogP) is -3.37. The molecular formula is C14H27N5O6. The van der Waals surface area contributed by atoms with Crippen LogP contribution < -0.4 is 27.4 Å². The van der Waals surface area contributed by atoms with E-state index in [2.05, 4.69) is 16.0 Å². The third-order valence-corrected chi connectivity index (χ3v) is 3.23. The molecule has 0 spiro atoms. The first-order chi connectivity index (χ1) is 11.7. The molecule has 0 aromatic carbocycles. The third kappa shape index (κ3) is 9.59. The molecule has 25 heavy (non-hydrogen) atoms. The Labute approximate surface area is 145 Å². The molecule has 3 unspecified atom stereocenters. The quantitative estimate of drug-likeness (QED) is 0.175. The van der Waals surface area contributed by atoms with Crippen molar-refractivity contribution < 1.29 is 29.4 Å². The molecule has 0 aliphatic carbocycles. The van der Waals surface area contributed by atoms with Crippen molar-refractivity contribution in [2.45, 2.75) is 44.3 Å². The second-order valence-electron chi connectivity index (χ2n) is 5.49. The van der Waals surface area contributed by atoms with Gasteiger partial charge in [0.1, 0.15) is 12.1 Å². The number of amides is 3. The van der Waals surface area contributed by atoms with E-state index in [0.29, 0.717) is 19.4 Å². The summed E-state index contributed by atoms with van der Waals surface area (Å²) in [4.78, 5) is 46.1. The maximum Gasteiger partial charge on any atom is 0.326 e. The first kappa shape index (κ1) is 22.8. The van der Waals surface area contributed by atoms with Gasteiger partial charge in [0.25, 0.3) is 0 Å². The molecule has 0 bridgehead atoms. The summed E-state index contributed by atoms with van der Waals surface area (Å²) >= 11 is 0. The van der Waals surface area contributed by atoms with Crippen LogP contribution in [0.15, 0.2) is 0 Å². The van der Waals surface area contributed by atoms with E-state index in [1.807, 2.05) is 0 Å². The Balaban J connectivity index is 4.54. The molecule has 3 amide bonds. The maximum absolute atomic E-state index is 12.0. The fourth-order valence-electron chi connectivity index (χ4n) is 1.79. The topological polar surface area (TPSA) is 197 Å². The number of aliphatic hydroxyl groups is 1. The summed E-state index contributed by atoms with van der Waals surface area (Å²) in [7, 11) is 0. The van der Waals surface area contributed by atoms with Crippen molar-refractivity contribution in [3.63, 3.8) is 0 Å². The molecule has 0 saturated carbocycles. The Kier molecular flexibility index (Phi) is 11.1. The molecule has 0 saturated heterocycles. The molecule has 0 fully saturated rings. The van der Waals surface area contributed by atoms with Crippen LogP contribution in [0, 0.1) is 0 Å². The van der Waals surface area contributed by atoms with Crippen LogP contribution in [-0.2, 0) is 19.2 Å². The molecule has 3 atom stereocenters. The number of carbonyl (C=O) groups excluding carboxylic acids is 3. The van der Waals surface area contributed by atoms with Crippen molar-refractivity contribution >= 4 is 23.7 Å². The molecule has 0 heterocycles. The van der Waals surface area contributed by atoms with Crippen LogP contribution in [0.1, 0.15) is 26.2 Å². The standard InChI is InChI=1S/C14H27N5O6/c1-8(16)12(22)17-6-11(21)18-10(7-20)13(23)19-9(14(24)25)4-2-3-5-15/h8-10,20H,2-7,15-16H2,1H3,(H,17,22)(H,18,21)(H,19,23)(H,24,25). The molecular weight excluding hydrogens is 334 g/mol. The Morgan fingerprint density at radius 2 is 1.68 bits per heavy atom. The van der Waals surface area contributed by atoms with E-state index in [1.165, 1.54) is 6.92 Å². The molecule has 11 heteroatoms. The molecule has 144 valence electrons. The summed E-state index contributed by atoms with van der Waals surface area (Å²) in [6.07, 6.45) is 1.29. The number of carbonyl (C=O) groups is 4. The van der Waals surface area contributed by atoms with Crippen LogP contribution in [0.25, 0.3) is 0 Å². The highest BCUT2D eigenvalue weighted by Gasteiger charge is 2.25. The number of nitrogens with one attached hydrogen (secondary N) is 3. The van der Waals surface area contributed by atoms with E-state index in [-0.39, 0.29) is 6.42 Å². The Hall–Kier alpha value is -2.24. The first-order valence-electron chi connectivity index (χ1n) is 7.89. The molecule has 9 N–H and O–H groups in total. The molecule has 0 aromatic heterocycles. The van der Waals surface area contributed by atoms with Gasteiger partial charge in [-0.2, -0.15) is 0 Å². The van der Waals surface area contributed by atoms with E-state index >= 15 is 0 Å². The number of rotatable bonds is 12. The summed E-state index contributed by atoms with van der Waals surface area (Å²) in [5, 5.41) is 25.0. The lowest BCUT2D eigenvalue weighted by Gasteiger charge is -2.20. The normalized spacial score (nSPS) is 14.1. The van der Waals surface area contributed by atoms with Gasteiger partial charge >= 0.3 is 5.97 Å². The number of aliphatic carboxylic acids is 1. The van der Waals surface area contributed by atoms with Gasteiger partial charge in [-0.05, 0) is 32.7 Å². The molecule has 0 radical (unpaired) electrons. The summed E-state index contributed by atoms with van der Waals surface area (Å²) in [6, 6.07) is -3.28. The number of carboxylic acids is 1. The molecule has 0 aliphatic rings. The van der Waals surface area contributed by atoms with Crippen LogP contribution in [0.5, 0.6) is 0 Å². The highest BCUT2D eigenvalue weighted by Crippen LogP contribution is 2.01. The van der Waals surface area contributed by atoms with Crippen molar-refractivity contribution in [2.75, 3.05) is 19.7 Å². The SMILES string of the molecule is CC(N)C(=O)NCC(=O)NC(CO)C(=O)NC(CCCCN)C(=O)O. The van der Waals surface area contributed by atoms with Gasteiger partial charge in [0, 0.05) is 0 Å². The predicted molar refractivity (Wildman–Crippen MR) is 88.1 cm³/mol. The highest BCUT2D eigenvalue weighted by molar-refractivity contribution is 5.92. The van der Waals surface area contributed by atoms with Gasteiger partial charge < -0.3 is 37.6 Å². The lowest BCUT2D eigenvalue weighted by molar-refractivity contribution is -0.142. The zero-order valence-electron chi connectivity index (χ0n) is 14.2. The van der Waals surface area contributed by atoms with Crippen molar-refractivity contribution in [1.82, 2.24) is 16.0 Å².